The summed E-state index contributed by atoms with van der Waals surface area (Å²) in [5, 5.41) is 3.40. The number of nitrogens with zero attached hydrogens (tertiary/aromatic N) is 1. The van der Waals surface area contributed by atoms with Gasteiger partial charge in [0.1, 0.15) is 5.60 Å². The van der Waals surface area contributed by atoms with E-state index in [1.54, 1.807) is 0 Å². The zero-order chi connectivity index (χ0) is 15.2. The first-order valence-electron chi connectivity index (χ1n) is 7.50. The molecule has 4 nitrogen and oxygen atoms in total. The van der Waals surface area contributed by atoms with Crippen LogP contribution in [0.15, 0.2) is 0 Å². The molecule has 4 heteroatoms. The van der Waals surface area contributed by atoms with Crippen LogP contribution in [-0.2, 0) is 4.74 Å². The molecular formula is C16H28N2O2. The van der Waals surface area contributed by atoms with Crippen LogP contribution in [0.2, 0.25) is 0 Å². The average molecular weight is 280 g/mol. The second-order valence-corrected chi connectivity index (χ2v) is 6.51. The SMILES string of the molecule is C#CCCNC(C)CC1CCCN1C(=O)OC(C)(C)C. The van der Waals surface area contributed by atoms with Gasteiger partial charge < -0.3 is 15.0 Å². The Morgan fingerprint density at radius 3 is 2.85 bits per heavy atom. The topological polar surface area (TPSA) is 41.6 Å². The summed E-state index contributed by atoms with van der Waals surface area (Å²) in [4.78, 5) is 14.0. The van der Waals surface area contributed by atoms with Crippen molar-refractivity contribution in [1.82, 2.24) is 10.2 Å². The van der Waals surface area contributed by atoms with Gasteiger partial charge in [-0.1, -0.05) is 0 Å². The Bertz CT molecular complexity index is 354. The van der Waals surface area contributed by atoms with E-state index < -0.39 is 5.60 Å². The number of hydrogen-bond acceptors (Lipinski definition) is 3. The first kappa shape index (κ1) is 16.8. The predicted molar refractivity (Wildman–Crippen MR) is 81.5 cm³/mol. The number of ether oxygens (including phenoxy) is 1. The Morgan fingerprint density at radius 1 is 1.55 bits per heavy atom. The second-order valence-electron chi connectivity index (χ2n) is 6.51. The van der Waals surface area contributed by atoms with E-state index in [9.17, 15) is 4.79 Å². The van der Waals surface area contributed by atoms with Crippen molar-refractivity contribution in [3.05, 3.63) is 0 Å². The molecule has 1 amide bonds. The van der Waals surface area contributed by atoms with E-state index in [2.05, 4.69) is 18.2 Å². The molecule has 0 saturated carbocycles. The van der Waals surface area contributed by atoms with Crippen molar-refractivity contribution in [2.24, 2.45) is 0 Å². The summed E-state index contributed by atoms with van der Waals surface area (Å²) >= 11 is 0. The van der Waals surface area contributed by atoms with Crippen LogP contribution in [0.25, 0.3) is 0 Å². The van der Waals surface area contributed by atoms with Gasteiger partial charge in [0, 0.05) is 31.6 Å². The molecule has 1 aliphatic heterocycles. The lowest BCUT2D eigenvalue weighted by Crippen LogP contribution is -2.42. The van der Waals surface area contributed by atoms with Gasteiger partial charge in [0.25, 0.3) is 0 Å². The lowest BCUT2D eigenvalue weighted by molar-refractivity contribution is 0.0215. The summed E-state index contributed by atoms with van der Waals surface area (Å²) in [5.41, 5.74) is -0.430. The molecule has 114 valence electrons. The third-order valence-electron chi connectivity index (χ3n) is 3.39. The van der Waals surface area contributed by atoms with Crippen LogP contribution in [0, 0.1) is 12.3 Å². The minimum atomic E-state index is -0.430. The molecular weight excluding hydrogens is 252 g/mol. The van der Waals surface area contributed by atoms with E-state index in [0.29, 0.717) is 6.04 Å². The van der Waals surface area contributed by atoms with Crippen LogP contribution < -0.4 is 5.32 Å². The maximum absolute atomic E-state index is 12.2. The van der Waals surface area contributed by atoms with Gasteiger partial charge in [0.2, 0.25) is 0 Å². The Hall–Kier alpha value is -1.21. The van der Waals surface area contributed by atoms with Gasteiger partial charge in [-0.05, 0) is 47.0 Å². The van der Waals surface area contributed by atoms with Gasteiger partial charge >= 0.3 is 6.09 Å². The molecule has 0 aliphatic carbocycles. The molecule has 0 bridgehead atoms. The molecule has 2 atom stereocenters. The van der Waals surface area contributed by atoms with E-state index in [0.717, 1.165) is 38.8 Å². The lowest BCUT2D eigenvalue weighted by atomic mass is 10.1. The molecule has 1 N–H and O–H groups in total. The van der Waals surface area contributed by atoms with Gasteiger partial charge in [-0.15, -0.1) is 12.3 Å². The monoisotopic (exact) mass is 280 g/mol. The first-order valence-corrected chi connectivity index (χ1v) is 7.50. The minimum Gasteiger partial charge on any atom is -0.444 e. The van der Waals surface area contributed by atoms with Crippen molar-refractivity contribution in [1.29, 1.82) is 0 Å². The molecule has 20 heavy (non-hydrogen) atoms. The number of likely N-dealkylation sites (tertiary alicyclic amines) is 1. The van der Waals surface area contributed by atoms with Gasteiger partial charge in [-0.2, -0.15) is 0 Å². The third kappa shape index (κ3) is 5.83. The van der Waals surface area contributed by atoms with Crippen molar-refractivity contribution < 1.29 is 9.53 Å². The Balaban J connectivity index is 2.44. The fraction of sp³-hybridized carbons (Fsp3) is 0.812. The van der Waals surface area contributed by atoms with Crippen molar-refractivity contribution >= 4 is 6.09 Å². The number of terminal acetylenes is 1. The van der Waals surface area contributed by atoms with Gasteiger partial charge in [-0.3, -0.25) is 0 Å². The molecule has 1 rings (SSSR count). The van der Waals surface area contributed by atoms with E-state index >= 15 is 0 Å². The van der Waals surface area contributed by atoms with Crippen molar-refractivity contribution in [3.8, 4) is 12.3 Å². The van der Waals surface area contributed by atoms with Crippen molar-refractivity contribution in [3.63, 3.8) is 0 Å². The molecule has 2 unspecified atom stereocenters. The Kier molecular flexibility index (Phi) is 6.35. The van der Waals surface area contributed by atoms with Gasteiger partial charge in [0.15, 0.2) is 0 Å². The maximum atomic E-state index is 12.2. The average Bonchev–Trinajstić information content (AvgIpc) is 2.75. The summed E-state index contributed by atoms with van der Waals surface area (Å²) in [7, 11) is 0. The highest BCUT2D eigenvalue weighted by Gasteiger charge is 2.32. The minimum absolute atomic E-state index is 0.184. The fourth-order valence-electron chi connectivity index (χ4n) is 2.52. The highest BCUT2D eigenvalue weighted by atomic mass is 16.6. The number of carbonyl (C=O) groups excluding carboxylic acids is 1. The first-order chi connectivity index (χ1) is 9.33. The van der Waals surface area contributed by atoms with Gasteiger partial charge in [-0.25, -0.2) is 4.79 Å². The predicted octanol–water partition coefficient (Wildman–Crippen LogP) is 2.78. The number of nitrogens with one attached hydrogen (secondary N) is 1. The third-order valence-corrected chi connectivity index (χ3v) is 3.39. The van der Waals surface area contributed by atoms with Crippen LogP contribution in [0.5, 0.6) is 0 Å². The largest absolute Gasteiger partial charge is 0.444 e. The number of carbonyl (C=O) groups is 1. The van der Waals surface area contributed by atoms with E-state index in [4.69, 9.17) is 11.2 Å². The number of amides is 1. The van der Waals surface area contributed by atoms with Crippen molar-refractivity contribution in [2.75, 3.05) is 13.1 Å². The summed E-state index contributed by atoms with van der Waals surface area (Å²) in [6, 6.07) is 0.634. The normalized spacial score (nSPS) is 20.6. The standard InChI is InChI=1S/C16H28N2O2/c1-6-7-10-17-13(2)12-14-9-8-11-18(14)15(19)20-16(3,4)5/h1,13-14,17H,7-12H2,2-5H3. The second kappa shape index (κ2) is 7.54. The summed E-state index contributed by atoms with van der Waals surface area (Å²) < 4.78 is 5.47. The van der Waals surface area contributed by atoms with E-state index in [1.807, 2.05) is 25.7 Å². The molecule has 0 spiro atoms. The highest BCUT2D eigenvalue weighted by Crippen LogP contribution is 2.23. The van der Waals surface area contributed by atoms with Crippen molar-refractivity contribution in [2.45, 2.75) is 71.1 Å². The fourth-order valence-corrected chi connectivity index (χ4v) is 2.52. The quantitative estimate of drug-likeness (QED) is 0.622. The van der Waals surface area contributed by atoms with Crippen LogP contribution in [-0.4, -0.2) is 41.8 Å². The summed E-state index contributed by atoms with van der Waals surface area (Å²) in [5.74, 6) is 2.62. The molecule has 1 aliphatic rings. The number of hydrogen-bond donors (Lipinski definition) is 1. The molecule has 1 heterocycles. The molecule has 0 radical (unpaired) electrons. The molecule has 0 aromatic carbocycles. The zero-order valence-electron chi connectivity index (χ0n) is 13.2. The molecule has 0 aromatic heterocycles. The summed E-state index contributed by atoms with van der Waals surface area (Å²) in [6.45, 7) is 9.48. The smallest absolute Gasteiger partial charge is 0.410 e. The van der Waals surface area contributed by atoms with E-state index in [1.165, 1.54) is 0 Å². The molecule has 0 aromatic rings. The lowest BCUT2D eigenvalue weighted by Gasteiger charge is -2.30. The van der Waals surface area contributed by atoms with Crippen LogP contribution in [0.3, 0.4) is 0 Å². The van der Waals surface area contributed by atoms with Crippen LogP contribution in [0.1, 0.15) is 53.4 Å². The zero-order valence-corrected chi connectivity index (χ0v) is 13.2. The Morgan fingerprint density at radius 2 is 2.25 bits per heavy atom. The summed E-state index contributed by atoms with van der Waals surface area (Å²) in [6.07, 6.45) is 8.86. The molecule has 1 saturated heterocycles. The highest BCUT2D eigenvalue weighted by molar-refractivity contribution is 5.68. The van der Waals surface area contributed by atoms with E-state index in [-0.39, 0.29) is 12.1 Å². The van der Waals surface area contributed by atoms with Crippen LogP contribution >= 0.6 is 0 Å². The number of rotatable bonds is 5. The molecule has 1 fully saturated rings. The maximum Gasteiger partial charge on any atom is 0.410 e. The Labute approximate surface area is 123 Å². The van der Waals surface area contributed by atoms with Crippen LogP contribution in [0.4, 0.5) is 4.79 Å². The van der Waals surface area contributed by atoms with Gasteiger partial charge in [0.05, 0.1) is 0 Å².